The fraction of sp³-hybridized carbons (Fsp3) is 0.581. The first-order valence-electron chi connectivity index (χ1n) is 14.7. The van der Waals surface area contributed by atoms with Crippen molar-refractivity contribution in [1.82, 2.24) is 10.6 Å². The minimum atomic E-state index is -0.745. The average Bonchev–Trinajstić information content (AvgIpc) is 3.54. The second-order valence-electron chi connectivity index (χ2n) is 13.2. The molecule has 8 nitrogen and oxygen atoms in total. The van der Waals surface area contributed by atoms with Crippen molar-refractivity contribution in [3.63, 3.8) is 0 Å². The van der Waals surface area contributed by atoms with Crippen molar-refractivity contribution < 1.29 is 23.7 Å². The maximum Gasteiger partial charge on any atom is 0.481 e. The number of hydrogen-bond acceptors (Lipinski definition) is 6. The maximum atomic E-state index is 13.3. The fourth-order valence-corrected chi connectivity index (χ4v) is 7.47. The predicted octanol–water partition coefficient (Wildman–Crippen LogP) is 4.51. The number of fused-ring (bicyclic) bond motifs is 1. The molecule has 3 saturated carbocycles. The van der Waals surface area contributed by atoms with Crippen LogP contribution in [-0.4, -0.2) is 54.9 Å². The molecule has 212 valence electrons. The molecule has 9 heteroatoms. The topological polar surface area (TPSA) is 98.3 Å². The van der Waals surface area contributed by atoms with Gasteiger partial charge in [0.2, 0.25) is 6.10 Å². The predicted molar refractivity (Wildman–Crippen MR) is 155 cm³/mol. The summed E-state index contributed by atoms with van der Waals surface area (Å²) in [7, 11) is -0.488. The molecule has 0 aromatic heterocycles. The minimum Gasteiger partial charge on any atom is -0.404 e. The number of nitrogens with zero attached hydrogens (tertiary/aromatic N) is 1. The van der Waals surface area contributed by atoms with Crippen LogP contribution < -0.4 is 10.6 Å². The van der Waals surface area contributed by atoms with Gasteiger partial charge in [-0.25, -0.2) is 0 Å². The zero-order valence-corrected chi connectivity index (χ0v) is 24.1. The van der Waals surface area contributed by atoms with E-state index in [9.17, 15) is 9.59 Å². The molecule has 2 heterocycles. The van der Waals surface area contributed by atoms with Gasteiger partial charge in [-0.1, -0.05) is 69.2 Å². The molecule has 1 unspecified atom stereocenters. The van der Waals surface area contributed by atoms with Crippen LogP contribution in [0.4, 0.5) is 0 Å². The molecule has 1 saturated heterocycles. The van der Waals surface area contributed by atoms with Gasteiger partial charge in [-0.3, -0.25) is 9.59 Å². The van der Waals surface area contributed by atoms with E-state index in [0.717, 1.165) is 23.6 Å². The van der Waals surface area contributed by atoms with Crippen LogP contribution in [-0.2, 0) is 18.9 Å². The lowest BCUT2D eigenvalue weighted by Crippen LogP contribution is -2.65. The van der Waals surface area contributed by atoms with Gasteiger partial charge >= 0.3 is 7.12 Å². The van der Waals surface area contributed by atoms with Crippen molar-refractivity contribution in [1.29, 1.82) is 0 Å². The lowest BCUT2D eigenvalue weighted by Gasteiger charge is -2.64. The molecule has 2 N–H and O–H groups in total. The van der Waals surface area contributed by atoms with E-state index in [2.05, 4.69) is 50.4 Å². The smallest absolute Gasteiger partial charge is 0.404 e. The van der Waals surface area contributed by atoms with Crippen LogP contribution >= 0.6 is 0 Å². The second-order valence-corrected chi connectivity index (χ2v) is 13.2. The zero-order chi connectivity index (χ0) is 28.2. The van der Waals surface area contributed by atoms with Crippen molar-refractivity contribution in [2.24, 2.45) is 28.3 Å². The van der Waals surface area contributed by atoms with E-state index in [-0.39, 0.29) is 41.4 Å². The molecule has 2 aliphatic heterocycles. The number of nitrogens with one attached hydrogen (secondary N) is 2. The second kappa shape index (κ2) is 10.2. The van der Waals surface area contributed by atoms with Crippen LogP contribution in [0, 0.1) is 23.2 Å². The standard InChI is InChI=1S/C31H40BN3O5/c1-18(2)13-27(32-38-26-15-20-14-25(30(20,3)4)31(26,5)40-32)34-29(37)24-16-21(35-39-24)17-33-28(36)23-12-8-10-19-9-6-7-11-22(19)23/h6-12,18,20,24-27H,13-17H2,1-5H3,(H,33,36)(H,34,37)/t20-,24?,25-,26+,27-,31-/m0/s1. The molecule has 2 bridgehead atoms. The SMILES string of the molecule is CC(C)C[C@H](NC(=O)C1CC(CNC(=O)c2cccc3ccccc23)=NO1)B1O[C@@H]2C[C@@H]3C[C@@H](C3(C)C)[C@]2(C)O1. The van der Waals surface area contributed by atoms with Crippen molar-refractivity contribution in [2.75, 3.05) is 6.54 Å². The number of benzene rings is 2. The van der Waals surface area contributed by atoms with Crippen LogP contribution in [0.3, 0.4) is 0 Å². The molecule has 6 atom stereocenters. The van der Waals surface area contributed by atoms with Gasteiger partial charge < -0.3 is 24.8 Å². The Labute approximate surface area is 236 Å². The van der Waals surface area contributed by atoms with E-state index >= 15 is 0 Å². The molecule has 40 heavy (non-hydrogen) atoms. The Morgan fingerprint density at radius 3 is 2.65 bits per heavy atom. The molecule has 0 radical (unpaired) electrons. The minimum absolute atomic E-state index is 0.0591. The van der Waals surface area contributed by atoms with Gasteiger partial charge in [0.05, 0.1) is 29.9 Å². The third kappa shape index (κ3) is 4.71. The molecule has 2 aromatic rings. The van der Waals surface area contributed by atoms with Gasteiger partial charge in [-0.05, 0) is 66.2 Å². The number of rotatable bonds is 8. The summed E-state index contributed by atoms with van der Waals surface area (Å²) in [5.74, 6) is 0.771. The monoisotopic (exact) mass is 545 g/mol. The first-order chi connectivity index (χ1) is 19.1. The Bertz CT molecular complexity index is 1340. The van der Waals surface area contributed by atoms with Crippen molar-refractivity contribution in [2.45, 2.75) is 84.1 Å². The number of amides is 2. The molecule has 4 fully saturated rings. The van der Waals surface area contributed by atoms with E-state index in [1.807, 2.05) is 42.5 Å². The molecular formula is C31H40BN3O5. The number of hydrogen-bond donors (Lipinski definition) is 2. The third-order valence-corrected chi connectivity index (χ3v) is 9.86. The quantitative estimate of drug-likeness (QED) is 0.476. The highest BCUT2D eigenvalue weighted by molar-refractivity contribution is 6.48. The van der Waals surface area contributed by atoms with Gasteiger partial charge in [0.15, 0.2) is 0 Å². The molecule has 5 aliphatic rings. The third-order valence-electron chi connectivity index (χ3n) is 9.86. The van der Waals surface area contributed by atoms with Crippen molar-refractivity contribution in [3.8, 4) is 0 Å². The Hall–Kier alpha value is -2.91. The highest BCUT2D eigenvalue weighted by Gasteiger charge is 2.68. The number of carbonyl (C=O) groups excluding carboxylic acids is 2. The summed E-state index contributed by atoms with van der Waals surface area (Å²) in [6.07, 6.45) is 2.56. The summed E-state index contributed by atoms with van der Waals surface area (Å²) in [5.41, 5.74) is 1.17. The molecule has 0 spiro atoms. The Kier molecular flexibility index (Phi) is 6.94. The largest absolute Gasteiger partial charge is 0.481 e. The maximum absolute atomic E-state index is 13.3. The van der Waals surface area contributed by atoms with E-state index in [1.165, 1.54) is 6.42 Å². The Morgan fingerprint density at radius 1 is 1.10 bits per heavy atom. The summed E-state index contributed by atoms with van der Waals surface area (Å²) < 4.78 is 13.2. The molecule has 2 aromatic carbocycles. The summed E-state index contributed by atoms with van der Waals surface area (Å²) >= 11 is 0. The van der Waals surface area contributed by atoms with E-state index in [1.54, 1.807) is 0 Å². The van der Waals surface area contributed by atoms with Gasteiger partial charge in [0, 0.05) is 12.0 Å². The first kappa shape index (κ1) is 27.3. The van der Waals surface area contributed by atoms with E-state index in [0.29, 0.717) is 35.4 Å². The van der Waals surface area contributed by atoms with Crippen molar-refractivity contribution in [3.05, 3.63) is 48.0 Å². The van der Waals surface area contributed by atoms with Crippen molar-refractivity contribution >= 4 is 35.4 Å². The summed E-state index contributed by atoms with van der Waals surface area (Å²) in [5, 5.41) is 12.1. The van der Waals surface area contributed by atoms with Crippen LogP contribution in [0.25, 0.3) is 10.8 Å². The van der Waals surface area contributed by atoms with Gasteiger partial charge in [-0.2, -0.15) is 0 Å². The molecule has 2 amide bonds. The summed E-state index contributed by atoms with van der Waals surface area (Å²) in [6, 6.07) is 13.5. The van der Waals surface area contributed by atoms with Crippen LogP contribution in [0.1, 0.15) is 70.7 Å². The Balaban J connectivity index is 1.05. The fourth-order valence-electron chi connectivity index (χ4n) is 7.47. The first-order valence-corrected chi connectivity index (χ1v) is 14.7. The number of carbonyl (C=O) groups is 2. The zero-order valence-electron chi connectivity index (χ0n) is 24.1. The highest BCUT2D eigenvalue weighted by atomic mass is 16.7. The highest BCUT2D eigenvalue weighted by Crippen LogP contribution is 2.65. The summed E-state index contributed by atoms with van der Waals surface area (Å²) in [6.45, 7) is 11.4. The van der Waals surface area contributed by atoms with Gasteiger partial charge in [0.1, 0.15) is 0 Å². The van der Waals surface area contributed by atoms with Crippen LogP contribution in [0.15, 0.2) is 47.6 Å². The lowest BCUT2D eigenvalue weighted by molar-refractivity contribution is -0.199. The van der Waals surface area contributed by atoms with Gasteiger partial charge in [0.25, 0.3) is 11.8 Å². The molecular weight excluding hydrogens is 505 g/mol. The van der Waals surface area contributed by atoms with E-state index < -0.39 is 13.2 Å². The number of oxime groups is 1. The molecule has 7 rings (SSSR count). The summed E-state index contributed by atoms with van der Waals surface area (Å²) in [4.78, 5) is 31.7. The van der Waals surface area contributed by atoms with Crippen LogP contribution in [0.5, 0.6) is 0 Å². The lowest BCUT2D eigenvalue weighted by atomic mass is 9.43. The molecule has 3 aliphatic carbocycles. The normalized spacial score (nSPS) is 30.8. The average molecular weight is 545 g/mol. The van der Waals surface area contributed by atoms with Gasteiger partial charge in [-0.15, -0.1) is 0 Å². The Morgan fingerprint density at radius 2 is 1.88 bits per heavy atom. The van der Waals surface area contributed by atoms with E-state index in [4.69, 9.17) is 14.1 Å². The van der Waals surface area contributed by atoms with Crippen LogP contribution in [0.2, 0.25) is 0 Å².